The summed E-state index contributed by atoms with van der Waals surface area (Å²) < 4.78 is 0. The maximum Gasteiger partial charge on any atom is 0.0479 e. The van der Waals surface area contributed by atoms with E-state index in [2.05, 4.69) is 37.5 Å². The van der Waals surface area contributed by atoms with Crippen molar-refractivity contribution in [1.29, 1.82) is 0 Å². The van der Waals surface area contributed by atoms with Gasteiger partial charge in [-0.2, -0.15) is 0 Å². The highest BCUT2D eigenvalue weighted by Crippen LogP contribution is 2.36. The lowest BCUT2D eigenvalue weighted by atomic mass is 9.83. The normalized spacial score (nSPS) is 14.4. The van der Waals surface area contributed by atoms with E-state index >= 15 is 0 Å². The van der Waals surface area contributed by atoms with Gasteiger partial charge < -0.3 is 11.1 Å². The molecule has 0 saturated heterocycles. The largest absolute Gasteiger partial charge is 0.330 e. The van der Waals surface area contributed by atoms with Gasteiger partial charge >= 0.3 is 0 Å². The molecule has 3 heteroatoms. The van der Waals surface area contributed by atoms with Crippen LogP contribution in [0.3, 0.4) is 0 Å². The summed E-state index contributed by atoms with van der Waals surface area (Å²) in [5.74, 6) is 0. The minimum atomic E-state index is 0.102. The quantitative estimate of drug-likeness (QED) is 0.803. The molecule has 2 nitrogen and oxygen atoms in total. The molecule has 0 aliphatic carbocycles. The van der Waals surface area contributed by atoms with Gasteiger partial charge in [0.1, 0.15) is 0 Å². The number of thiophene rings is 1. The second-order valence-corrected chi connectivity index (χ2v) is 5.33. The first kappa shape index (κ1) is 11.7. The van der Waals surface area contributed by atoms with Crippen LogP contribution < -0.4 is 11.1 Å². The van der Waals surface area contributed by atoms with Gasteiger partial charge in [-0.05, 0) is 42.9 Å². The summed E-state index contributed by atoms with van der Waals surface area (Å²) in [4.78, 5) is 1.41. The van der Waals surface area contributed by atoms with Crippen molar-refractivity contribution in [2.45, 2.75) is 26.8 Å². The lowest BCUT2D eigenvalue weighted by Gasteiger charge is -2.32. The van der Waals surface area contributed by atoms with E-state index in [1.807, 2.05) is 7.05 Å². The molecule has 1 unspecified atom stereocenters. The van der Waals surface area contributed by atoms with Crippen LogP contribution >= 0.6 is 11.3 Å². The highest BCUT2D eigenvalue weighted by atomic mass is 32.1. The van der Waals surface area contributed by atoms with Crippen molar-refractivity contribution in [1.82, 2.24) is 5.32 Å². The third kappa shape index (κ3) is 2.16. The van der Waals surface area contributed by atoms with Crippen LogP contribution in [0.1, 0.15) is 30.3 Å². The summed E-state index contributed by atoms with van der Waals surface area (Å²) in [5, 5.41) is 5.51. The van der Waals surface area contributed by atoms with Crippen molar-refractivity contribution in [2.24, 2.45) is 11.1 Å². The Labute approximate surface area is 90.5 Å². The van der Waals surface area contributed by atoms with Gasteiger partial charge in [0.25, 0.3) is 0 Å². The van der Waals surface area contributed by atoms with E-state index in [1.165, 1.54) is 10.4 Å². The number of hydrogen-bond donors (Lipinski definition) is 2. The second-order valence-electron chi connectivity index (χ2n) is 4.38. The predicted molar refractivity (Wildman–Crippen MR) is 63.7 cm³/mol. The first-order chi connectivity index (χ1) is 6.53. The topological polar surface area (TPSA) is 38.0 Å². The van der Waals surface area contributed by atoms with Crippen LogP contribution in [0.25, 0.3) is 0 Å². The van der Waals surface area contributed by atoms with Crippen LogP contribution in [-0.4, -0.2) is 13.6 Å². The van der Waals surface area contributed by atoms with Crippen LogP contribution in [0, 0.1) is 12.3 Å². The average molecular weight is 212 g/mol. The van der Waals surface area contributed by atoms with Crippen LogP contribution in [0.5, 0.6) is 0 Å². The Morgan fingerprint density at radius 1 is 1.57 bits per heavy atom. The Morgan fingerprint density at radius 2 is 2.21 bits per heavy atom. The van der Waals surface area contributed by atoms with E-state index in [0.717, 1.165) is 0 Å². The van der Waals surface area contributed by atoms with E-state index in [4.69, 9.17) is 5.73 Å². The molecule has 14 heavy (non-hydrogen) atoms. The minimum Gasteiger partial charge on any atom is -0.330 e. The summed E-state index contributed by atoms with van der Waals surface area (Å²) in [7, 11) is 2.00. The summed E-state index contributed by atoms with van der Waals surface area (Å²) in [6, 6.07) is 2.52. The lowest BCUT2D eigenvalue weighted by Crippen LogP contribution is -2.37. The minimum absolute atomic E-state index is 0.102. The molecule has 1 aromatic rings. The fourth-order valence-electron chi connectivity index (χ4n) is 1.67. The van der Waals surface area contributed by atoms with Gasteiger partial charge in [0.2, 0.25) is 0 Å². The Kier molecular flexibility index (Phi) is 3.70. The molecule has 0 fully saturated rings. The number of hydrogen-bond acceptors (Lipinski definition) is 3. The van der Waals surface area contributed by atoms with Crippen LogP contribution in [0.2, 0.25) is 0 Å². The summed E-state index contributed by atoms with van der Waals surface area (Å²) in [6.45, 7) is 7.25. The Balaban J connectivity index is 2.99. The molecule has 0 aliphatic heterocycles. The van der Waals surface area contributed by atoms with Gasteiger partial charge in [-0.15, -0.1) is 11.3 Å². The monoisotopic (exact) mass is 212 g/mol. The zero-order valence-corrected chi connectivity index (χ0v) is 10.2. The SMILES string of the molecule is CNC(c1sccc1C)C(C)(C)CN. The molecule has 1 atom stereocenters. The van der Waals surface area contributed by atoms with Crippen LogP contribution in [0.15, 0.2) is 11.4 Å². The van der Waals surface area contributed by atoms with Gasteiger partial charge in [-0.25, -0.2) is 0 Å². The third-order valence-electron chi connectivity index (χ3n) is 2.76. The fourth-order valence-corrected chi connectivity index (χ4v) is 2.92. The molecule has 3 N–H and O–H groups in total. The molecule has 0 bridgehead atoms. The molecular weight excluding hydrogens is 192 g/mol. The molecule has 0 radical (unpaired) electrons. The third-order valence-corrected chi connectivity index (χ3v) is 3.84. The predicted octanol–water partition coefficient (Wildman–Crippen LogP) is 2.30. The van der Waals surface area contributed by atoms with E-state index in [0.29, 0.717) is 12.6 Å². The smallest absolute Gasteiger partial charge is 0.0479 e. The van der Waals surface area contributed by atoms with Gasteiger partial charge in [-0.1, -0.05) is 13.8 Å². The first-order valence-electron chi connectivity index (χ1n) is 4.94. The van der Waals surface area contributed by atoms with Gasteiger partial charge in [0.15, 0.2) is 0 Å². The standard InChI is InChI=1S/C11H20N2S/c1-8-5-6-14-9(8)10(13-4)11(2,3)7-12/h5-6,10,13H,7,12H2,1-4H3. The second kappa shape index (κ2) is 4.43. The van der Waals surface area contributed by atoms with E-state index in [-0.39, 0.29) is 5.41 Å². The molecule has 80 valence electrons. The first-order valence-corrected chi connectivity index (χ1v) is 5.82. The molecule has 0 saturated carbocycles. The number of rotatable bonds is 4. The van der Waals surface area contributed by atoms with Crippen molar-refractivity contribution in [2.75, 3.05) is 13.6 Å². The maximum atomic E-state index is 5.80. The van der Waals surface area contributed by atoms with E-state index < -0.39 is 0 Å². The van der Waals surface area contributed by atoms with Crippen molar-refractivity contribution in [3.63, 3.8) is 0 Å². The molecular formula is C11H20N2S. The summed E-state index contributed by atoms with van der Waals surface area (Å²) >= 11 is 1.81. The number of nitrogens with two attached hydrogens (primary N) is 1. The zero-order chi connectivity index (χ0) is 10.8. The van der Waals surface area contributed by atoms with Crippen molar-refractivity contribution >= 4 is 11.3 Å². The zero-order valence-electron chi connectivity index (χ0n) is 9.42. The molecule has 0 aromatic carbocycles. The molecule has 1 rings (SSSR count). The van der Waals surface area contributed by atoms with Gasteiger partial charge in [-0.3, -0.25) is 0 Å². The van der Waals surface area contributed by atoms with E-state index in [1.54, 1.807) is 11.3 Å². The maximum absolute atomic E-state index is 5.80. The summed E-state index contributed by atoms with van der Waals surface area (Å²) in [6.07, 6.45) is 0. The molecule has 1 aromatic heterocycles. The highest BCUT2D eigenvalue weighted by molar-refractivity contribution is 7.10. The van der Waals surface area contributed by atoms with Gasteiger partial charge in [0.05, 0.1) is 0 Å². The van der Waals surface area contributed by atoms with E-state index in [9.17, 15) is 0 Å². The molecule has 0 amide bonds. The van der Waals surface area contributed by atoms with Crippen LogP contribution in [-0.2, 0) is 0 Å². The molecule has 0 spiro atoms. The lowest BCUT2D eigenvalue weighted by molar-refractivity contribution is 0.268. The molecule has 1 heterocycles. The van der Waals surface area contributed by atoms with Crippen molar-refractivity contribution in [3.8, 4) is 0 Å². The number of aryl methyl sites for hydroxylation is 1. The molecule has 0 aliphatic rings. The summed E-state index contributed by atoms with van der Waals surface area (Å²) in [5.41, 5.74) is 7.26. The Morgan fingerprint density at radius 3 is 2.57 bits per heavy atom. The average Bonchev–Trinajstić information content (AvgIpc) is 2.53. The number of nitrogens with one attached hydrogen (secondary N) is 1. The Bertz CT molecular complexity index is 291. The van der Waals surface area contributed by atoms with Crippen LogP contribution in [0.4, 0.5) is 0 Å². The Hall–Kier alpha value is -0.380. The highest BCUT2D eigenvalue weighted by Gasteiger charge is 2.29. The van der Waals surface area contributed by atoms with Gasteiger partial charge in [0, 0.05) is 10.9 Å². The fraction of sp³-hybridized carbons (Fsp3) is 0.636. The van der Waals surface area contributed by atoms with Crippen molar-refractivity contribution < 1.29 is 0 Å². The van der Waals surface area contributed by atoms with Crippen molar-refractivity contribution in [3.05, 3.63) is 21.9 Å².